The van der Waals surface area contributed by atoms with Crippen LogP contribution in [-0.2, 0) is 0 Å². The lowest BCUT2D eigenvalue weighted by Crippen LogP contribution is -2.21. The minimum Gasteiger partial charge on any atom is -0.395 e. The first-order valence-electron chi connectivity index (χ1n) is 7.66. The number of pyridine rings is 1. The Kier molecular flexibility index (Phi) is 4.50. The van der Waals surface area contributed by atoms with Gasteiger partial charge >= 0.3 is 0 Å². The summed E-state index contributed by atoms with van der Waals surface area (Å²) in [6.07, 6.45) is 1.18. The zero-order valence-corrected chi connectivity index (χ0v) is 13.6. The molecule has 0 amide bonds. The van der Waals surface area contributed by atoms with Crippen molar-refractivity contribution >= 4 is 16.7 Å². The van der Waals surface area contributed by atoms with Crippen LogP contribution in [0.1, 0.15) is 16.8 Å². The van der Waals surface area contributed by atoms with Crippen LogP contribution in [0.15, 0.2) is 36.5 Å². The summed E-state index contributed by atoms with van der Waals surface area (Å²) in [6.45, 7) is 2.72. The summed E-state index contributed by atoms with van der Waals surface area (Å²) < 4.78 is 13.2. The number of hydrogen-bond donors (Lipinski definition) is 2. The highest BCUT2D eigenvalue weighted by Crippen LogP contribution is 2.20. The fraction of sp³-hybridized carbons (Fsp3) is 0.211. The SMILES string of the molecule is Cc1cc(C#Cc2cc3cc(F)cnc3[nH]2)ccc1N(C)CCO. The number of aromatic amines is 1. The van der Waals surface area contributed by atoms with Gasteiger partial charge in [0.15, 0.2) is 0 Å². The number of aliphatic hydroxyl groups excluding tert-OH is 1. The molecule has 0 saturated carbocycles. The average molecular weight is 323 g/mol. The summed E-state index contributed by atoms with van der Waals surface area (Å²) in [6, 6.07) is 9.17. The number of fused-ring (bicyclic) bond motifs is 1. The largest absolute Gasteiger partial charge is 0.395 e. The number of rotatable bonds is 3. The van der Waals surface area contributed by atoms with E-state index in [1.165, 1.54) is 12.3 Å². The zero-order chi connectivity index (χ0) is 17.1. The van der Waals surface area contributed by atoms with Crippen LogP contribution in [-0.4, -0.2) is 35.3 Å². The lowest BCUT2D eigenvalue weighted by molar-refractivity contribution is 0.304. The quantitative estimate of drug-likeness (QED) is 0.729. The lowest BCUT2D eigenvalue weighted by Gasteiger charge is -2.20. The number of hydrogen-bond acceptors (Lipinski definition) is 3. The van der Waals surface area contributed by atoms with Gasteiger partial charge in [-0.3, -0.25) is 0 Å². The standard InChI is InChI=1S/C19H18FN3O/c1-13-9-14(4-6-18(13)23(2)7-8-24)3-5-17-11-15-10-16(20)12-21-19(15)22-17/h4,6,9-12,24H,7-8H2,1-2H3,(H,21,22). The third kappa shape index (κ3) is 3.39. The normalized spacial score (nSPS) is 10.5. The lowest BCUT2D eigenvalue weighted by atomic mass is 10.1. The van der Waals surface area contributed by atoms with Crippen LogP contribution in [0.4, 0.5) is 10.1 Å². The maximum Gasteiger partial charge on any atom is 0.142 e. The molecule has 4 nitrogen and oxygen atoms in total. The van der Waals surface area contributed by atoms with Gasteiger partial charge in [-0.15, -0.1) is 0 Å². The number of benzene rings is 1. The summed E-state index contributed by atoms with van der Waals surface area (Å²) in [7, 11) is 1.94. The highest BCUT2D eigenvalue weighted by atomic mass is 19.1. The Morgan fingerprint density at radius 1 is 1.25 bits per heavy atom. The van der Waals surface area contributed by atoms with E-state index in [9.17, 15) is 4.39 Å². The Bertz CT molecular complexity index is 937. The highest BCUT2D eigenvalue weighted by molar-refractivity contribution is 5.77. The Labute approximate surface area is 140 Å². The molecule has 1 aromatic carbocycles. The molecule has 0 aliphatic rings. The van der Waals surface area contributed by atoms with Crippen LogP contribution in [0.25, 0.3) is 11.0 Å². The van der Waals surface area contributed by atoms with E-state index in [-0.39, 0.29) is 12.4 Å². The van der Waals surface area contributed by atoms with E-state index >= 15 is 0 Å². The summed E-state index contributed by atoms with van der Waals surface area (Å²) in [4.78, 5) is 9.07. The van der Waals surface area contributed by atoms with Crippen LogP contribution in [0.2, 0.25) is 0 Å². The molecule has 2 aromatic heterocycles. The molecule has 0 spiro atoms. The number of likely N-dealkylation sites (N-methyl/N-ethyl adjacent to an activating group) is 1. The van der Waals surface area contributed by atoms with Crippen molar-refractivity contribution in [1.82, 2.24) is 9.97 Å². The van der Waals surface area contributed by atoms with Crippen molar-refractivity contribution < 1.29 is 9.50 Å². The fourth-order valence-corrected chi connectivity index (χ4v) is 2.63. The molecule has 3 rings (SSSR count). The second-order valence-corrected chi connectivity index (χ2v) is 5.67. The van der Waals surface area contributed by atoms with E-state index in [0.717, 1.165) is 16.8 Å². The maximum absolute atomic E-state index is 13.2. The number of aryl methyl sites for hydroxylation is 1. The minimum absolute atomic E-state index is 0.118. The predicted molar refractivity (Wildman–Crippen MR) is 93.6 cm³/mol. The number of anilines is 1. The average Bonchev–Trinajstić information content (AvgIpc) is 2.95. The minimum atomic E-state index is -0.362. The van der Waals surface area contributed by atoms with Crippen LogP contribution < -0.4 is 4.90 Å². The summed E-state index contributed by atoms with van der Waals surface area (Å²) in [5, 5.41) is 9.74. The third-order valence-electron chi connectivity index (χ3n) is 3.82. The molecule has 0 bridgehead atoms. The second kappa shape index (κ2) is 6.73. The molecule has 0 radical (unpaired) electrons. The van der Waals surface area contributed by atoms with Crippen LogP contribution >= 0.6 is 0 Å². The monoisotopic (exact) mass is 323 g/mol. The molecule has 0 atom stereocenters. The van der Waals surface area contributed by atoms with Crippen molar-refractivity contribution in [3.05, 3.63) is 59.2 Å². The first-order valence-corrected chi connectivity index (χ1v) is 7.66. The Morgan fingerprint density at radius 3 is 2.83 bits per heavy atom. The van der Waals surface area contributed by atoms with Gasteiger partial charge in [-0.05, 0) is 48.7 Å². The molecule has 0 unspecified atom stereocenters. The third-order valence-corrected chi connectivity index (χ3v) is 3.82. The summed E-state index contributed by atoms with van der Waals surface area (Å²) in [5.41, 5.74) is 4.38. The molecular formula is C19H18FN3O. The molecular weight excluding hydrogens is 305 g/mol. The van der Waals surface area contributed by atoms with Gasteiger partial charge < -0.3 is 15.0 Å². The molecule has 2 heterocycles. The van der Waals surface area contributed by atoms with E-state index in [4.69, 9.17) is 5.11 Å². The highest BCUT2D eigenvalue weighted by Gasteiger charge is 2.04. The van der Waals surface area contributed by atoms with Crippen molar-refractivity contribution in [3.63, 3.8) is 0 Å². The van der Waals surface area contributed by atoms with Gasteiger partial charge in [0.25, 0.3) is 0 Å². The van der Waals surface area contributed by atoms with Gasteiger partial charge in [-0.1, -0.05) is 5.92 Å². The second-order valence-electron chi connectivity index (χ2n) is 5.67. The molecule has 24 heavy (non-hydrogen) atoms. The number of aliphatic hydroxyl groups is 1. The van der Waals surface area contributed by atoms with Crippen molar-refractivity contribution in [2.45, 2.75) is 6.92 Å². The number of nitrogens with zero attached hydrogens (tertiary/aromatic N) is 2. The number of aromatic nitrogens is 2. The summed E-state index contributed by atoms with van der Waals surface area (Å²) in [5.74, 6) is 5.79. The molecule has 122 valence electrons. The maximum atomic E-state index is 13.2. The molecule has 2 N–H and O–H groups in total. The van der Waals surface area contributed by atoms with Gasteiger partial charge in [0.1, 0.15) is 11.5 Å². The van der Waals surface area contributed by atoms with Crippen molar-refractivity contribution in [2.24, 2.45) is 0 Å². The van der Waals surface area contributed by atoms with Crippen molar-refractivity contribution in [3.8, 4) is 11.8 Å². The molecule has 3 aromatic rings. The molecule has 5 heteroatoms. The first kappa shape index (κ1) is 16.0. The van der Waals surface area contributed by atoms with Gasteiger partial charge in [0.05, 0.1) is 18.5 Å². The Balaban J connectivity index is 1.85. The van der Waals surface area contributed by atoms with E-state index in [2.05, 4.69) is 21.8 Å². The number of halogens is 1. The number of H-pyrrole nitrogens is 1. The predicted octanol–water partition coefficient (Wildman–Crippen LogP) is 2.84. The van der Waals surface area contributed by atoms with Gasteiger partial charge in [0.2, 0.25) is 0 Å². The Hall–Kier alpha value is -2.84. The van der Waals surface area contributed by atoms with Crippen LogP contribution in [0.5, 0.6) is 0 Å². The van der Waals surface area contributed by atoms with E-state index < -0.39 is 0 Å². The molecule has 0 aliphatic heterocycles. The van der Waals surface area contributed by atoms with Crippen molar-refractivity contribution in [1.29, 1.82) is 0 Å². The van der Waals surface area contributed by atoms with Crippen LogP contribution in [0.3, 0.4) is 0 Å². The van der Waals surface area contributed by atoms with E-state index in [1.807, 2.05) is 37.1 Å². The summed E-state index contributed by atoms with van der Waals surface area (Å²) >= 11 is 0. The Morgan fingerprint density at radius 2 is 2.08 bits per heavy atom. The van der Waals surface area contributed by atoms with E-state index in [0.29, 0.717) is 23.3 Å². The number of nitrogens with one attached hydrogen (secondary N) is 1. The molecule has 0 fully saturated rings. The van der Waals surface area contributed by atoms with Gasteiger partial charge in [-0.25, -0.2) is 9.37 Å². The van der Waals surface area contributed by atoms with Gasteiger partial charge in [-0.2, -0.15) is 0 Å². The zero-order valence-electron chi connectivity index (χ0n) is 13.6. The van der Waals surface area contributed by atoms with Crippen molar-refractivity contribution in [2.75, 3.05) is 25.1 Å². The van der Waals surface area contributed by atoms with E-state index in [1.54, 1.807) is 6.07 Å². The van der Waals surface area contributed by atoms with Crippen LogP contribution in [0, 0.1) is 24.6 Å². The topological polar surface area (TPSA) is 52.2 Å². The molecule has 0 aliphatic carbocycles. The fourth-order valence-electron chi connectivity index (χ4n) is 2.63. The first-order chi connectivity index (χ1) is 11.6. The smallest absolute Gasteiger partial charge is 0.142 e. The molecule has 0 saturated heterocycles. The van der Waals surface area contributed by atoms with Gasteiger partial charge in [0, 0.05) is 30.2 Å².